The van der Waals surface area contributed by atoms with E-state index in [9.17, 15) is 9.59 Å². The number of methoxy groups -OCH3 is 1. The molecule has 9 heteroatoms. The zero-order valence-corrected chi connectivity index (χ0v) is 19.8. The maximum atomic E-state index is 12.5. The number of pyridine rings is 1. The molecule has 1 aliphatic rings. The van der Waals surface area contributed by atoms with Crippen LogP contribution in [0.2, 0.25) is 0 Å². The van der Waals surface area contributed by atoms with Crippen molar-refractivity contribution in [1.29, 1.82) is 0 Å². The zero-order chi connectivity index (χ0) is 24.1. The molecule has 0 spiro atoms. The van der Waals surface area contributed by atoms with Gasteiger partial charge in [0.1, 0.15) is 17.2 Å². The summed E-state index contributed by atoms with van der Waals surface area (Å²) in [7, 11) is 1.60. The van der Waals surface area contributed by atoms with E-state index in [2.05, 4.69) is 27.5 Å². The number of hydrogen-bond acceptors (Lipinski definition) is 7. The number of ether oxygens (including phenoxy) is 2. The Hall–Kier alpha value is -3.69. The van der Waals surface area contributed by atoms with Crippen molar-refractivity contribution in [3.63, 3.8) is 0 Å². The lowest BCUT2D eigenvalue weighted by atomic mass is 10.1. The molecule has 1 aliphatic heterocycles. The average Bonchev–Trinajstić information content (AvgIpc) is 3.23. The molecule has 1 aromatic carbocycles. The molecule has 8 nitrogen and oxygen atoms in total. The number of carbonyl (C=O) groups is 2. The number of nitrogens with zero attached hydrogens (tertiary/aromatic N) is 1. The quantitative estimate of drug-likeness (QED) is 0.307. The third-order valence-corrected chi connectivity index (χ3v) is 6.41. The van der Waals surface area contributed by atoms with E-state index in [1.54, 1.807) is 19.4 Å². The Kier molecular flexibility index (Phi) is 8.62. The van der Waals surface area contributed by atoms with E-state index < -0.39 is 0 Å². The normalized spacial score (nSPS) is 14.5. The Morgan fingerprint density at radius 2 is 2.09 bits per heavy atom. The van der Waals surface area contributed by atoms with Crippen LogP contribution in [0.1, 0.15) is 24.0 Å². The van der Waals surface area contributed by atoms with Crippen LogP contribution < -0.4 is 20.7 Å². The van der Waals surface area contributed by atoms with Crippen molar-refractivity contribution in [3.8, 4) is 27.4 Å². The van der Waals surface area contributed by atoms with Crippen LogP contribution in [0, 0.1) is 0 Å². The molecular formula is C26H30N4O4S. The molecule has 2 aromatic heterocycles. The van der Waals surface area contributed by atoms with Crippen LogP contribution >= 0.6 is 11.3 Å². The number of rotatable bonds is 8. The molecule has 0 bridgehead atoms. The first-order valence-electron chi connectivity index (χ1n) is 10.8. The number of anilines is 2. The van der Waals surface area contributed by atoms with E-state index >= 15 is 0 Å². The summed E-state index contributed by atoms with van der Waals surface area (Å²) in [5.74, 6) is 0.126. The fourth-order valence-electron chi connectivity index (χ4n) is 3.51. The molecule has 184 valence electrons. The third kappa shape index (κ3) is 6.06. The monoisotopic (exact) mass is 494 g/mol. The van der Waals surface area contributed by atoms with Crippen LogP contribution in [0.5, 0.6) is 5.75 Å². The summed E-state index contributed by atoms with van der Waals surface area (Å²) in [4.78, 5) is 30.6. The number of thiophene rings is 1. The lowest BCUT2D eigenvalue weighted by molar-refractivity contribution is -0.111. The van der Waals surface area contributed by atoms with Gasteiger partial charge in [-0.05, 0) is 55.0 Å². The van der Waals surface area contributed by atoms with Gasteiger partial charge in [0.25, 0.3) is 5.91 Å². The summed E-state index contributed by atoms with van der Waals surface area (Å²) >= 11 is 1.44. The van der Waals surface area contributed by atoms with Crippen molar-refractivity contribution in [2.45, 2.75) is 20.4 Å². The van der Waals surface area contributed by atoms with E-state index in [4.69, 9.17) is 9.47 Å². The van der Waals surface area contributed by atoms with E-state index in [1.165, 1.54) is 17.4 Å². The average molecular weight is 495 g/mol. The van der Waals surface area contributed by atoms with Crippen molar-refractivity contribution in [2.24, 2.45) is 0 Å². The Balaban J connectivity index is 0.00000342. The van der Waals surface area contributed by atoms with Crippen LogP contribution in [0.3, 0.4) is 0 Å². The Labute approximate surface area is 209 Å². The van der Waals surface area contributed by atoms with Gasteiger partial charge in [0.2, 0.25) is 5.91 Å². The predicted molar refractivity (Wildman–Crippen MR) is 141 cm³/mol. The topological polar surface area (TPSA) is 102 Å². The number of carbonyl (C=O) groups excluding carboxylic acids is 2. The van der Waals surface area contributed by atoms with Gasteiger partial charge >= 0.3 is 0 Å². The van der Waals surface area contributed by atoms with E-state index in [0.29, 0.717) is 36.1 Å². The second-order valence-corrected chi connectivity index (χ2v) is 8.84. The molecule has 0 unspecified atom stereocenters. The van der Waals surface area contributed by atoms with Gasteiger partial charge in [-0.3, -0.25) is 14.6 Å². The van der Waals surface area contributed by atoms with Gasteiger partial charge in [-0.2, -0.15) is 0 Å². The molecule has 0 saturated carbocycles. The minimum Gasteiger partial charge on any atom is -0.489 e. The minimum absolute atomic E-state index is 0. The number of hydrogen-bond donors (Lipinski definition) is 3. The zero-order valence-electron chi connectivity index (χ0n) is 19.0. The van der Waals surface area contributed by atoms with Crippen molar-refractivity contribution >= 4 is 34.5 Å². The maximum Gasteiger partial charge on any atom is 0.263 e. The molecule has 0 aliphatic carbocycles. The number of aromatic nitrogens is 1. The highest BCUT2D eigenvalue weighted by Crippen LogP contribution is 2.37. The molecule has 35 heavy (non-hydrogen) atoms. The molecule has 0 saturated heterocycles. The first kappa shape index (κ1) is 25.9. The van der Waals surface area contributed by atoms with Gasteiger partial charge in [0, 0.05) is 36.3 Å². The molecule has 3 N–H and O–H groups in total. The van der Waals surface area contributed by atoms with Crippen molar-refractivity contribution in [1.82, 2.24) is 10.3 Å². The summed E-state index contributed by atoms with van der Waals surface area (Å²) in [6.45, 7) is 6.94. The highest BCUT2D eigenvalue weighted by molar-refractivity contribution is 7.18. The largest absolute Gasteiger partial charge is 0.489 e. The first-order valence-corrected chi connectivity index (χ1v) is 11.6. The summed E-state index contributed by atoms with van der Waals surface area (Å²) < 4.78 is 10.8. The number of fused-ring (bicyclic) bond motifs is 1. The summed E-state index contributed by atoms with van der Waals surface area (Å²) in [5, 5.41) is 9.12. The molecule has 3 heterocycles. The Bertz CT molecular complexity index is 1220. The van der Waals surface area contributed by atoms with E-state index in [1.807, 2.05) is 37.3 Å². The van der Waals surface area contributed by atoms with Crippen LogP contribution in [-0.4, -0.2) is 49.7 Å². The molecule has 0 fully saturated rings. The van der Waals surface area contributed by atoms with Crippen molar-refractivity contribution in [3.05, 3.63) is 60.1 Å². The SMILES string of the molecule is C.C=CC(=O)Nc1cc(-c2cc(-c3cc4c(s3)C(=O)N[C@H](C)CN4)ccn2)ccc1OCCOC. The van der Waals surface area contributed by atoms with Crippen LogP contribution in [0.25, 0.3) is 21.7 Å². The second kappa shape index (κ2) is 11.6. The van der Waals surface area contributed by atoms with Gasteiger partial charge in [-0.1, -0.05) is 14.0 Å². The molecular weight excluding hydrogens is 464 g/mol. The van der Waals surface area contributed by atoms with Gasteiger partial charge in [-0.15, -0.1) is 11.3 Å². The fraction of sp³-hybridized carbons (Fsp3) is 0.269. The van der Waals surface area contributed by atoms with Gasteiger partial charge in [-0.25, -0.2) is 0 Å². The highest BCUT2D eigenvalue weighted by atomic mass is 32.1. The number of amides is 2. The first-order chi connectivity index (χ1) is 16.5. The number of nitrogens with one attached hydrogen (secondary N) is 3. The minimum atomic E-state index is -0.337. The maximum absolute atomic E-state index is 12.5. The molecule has 2 amide bonds. The van der Waals surface area contributed by atoms with Crippen LogP contribution in [-0.2, 0) is 9.53 Å². The van der Waals surface area contributed by atoms with Gasteiger partial charge in [0.15, 0.2) is 0 Å². The Morgan fingerprint density at radius 1 is 1.26 bits per heavy atom. The smallest absolute Gasteiger partial charge is 0.263 e. The molecule has 4 rings (SSSR count). The summed E-state index contributed by atoms with van der Waals surface area (Å²) in [6, 6.07) is 11.4. The van der Waals surface area contributed by atoms with Crippen LogP contribution in [0.15, 0.2) is 55.3 Å². The number of benzene rings is 1. The third-order valence-electron chi connectivity index (χ3n) is 5.22. The molecule has 3 aromatic rings. The van der Waals surface area contributed by atoms with E-state index in [0.717, 1.165) is 27.4 Å². The van der Waals surface area contributed by atoms with Gasteiger partial charge in [0.05, 0.1) is 23.7 Å². The predicted octanol–water partition coefficient (Wildman–Crippen LogP) is 4.81. The van der Waals surface area contributed by atoms with Crippen molar-refractivity contribution in [2.75, 3.05) is 37.5 Å². The Morgan fingerprint density at radius 3 is 2.86 bits per heavy atom. The lowest BCUT2D eigenvalue weighted by Crippen LogP contribution is -2.34. The molecule has 0 radical (unpaired) electrons. The fourth-order valence-corrected chi connectivity index (χ4v) is 4.54. The standard InChI is InChI=1S/C25H26N4O4S.CH4/c1-4-23(30)29-19-11-16(5-6-21(19)33-10-9-32-3)18-12-17(7-8-26-18)22-13-20-24(34-22)25(31)28-15(2)14-27-20;/h4-8,11-13,15,27H,1,9-10,14H2,2-3H3,(H,28,31)(H,29,30);1H4/t15-;/m1./s1. The second-order valence-electron chi connectivity index (χ2n) is 7.78. The lowest BCUT2D eigenvalue weighted by Gasteiger charge is -2.13. The van der Waals surface area contributed by atoms with Crippen LogP contribution in [0.4, 0.5) is 11.4 Å². The summed E-state index contributed by atoms with van der Waals surface area (Å²) in [5.41, 5.74) is 3.84. The van der Waals surface area contributed by atoms with Gasteiger partial charge < -0.3 is 25.4 Å². The van der Waals surface area contributed by atoms with E-state index in [-0.39, 0.29) is 25.3 Å². The molecule has 1 atom stereocenters. The highest BCUT2D eigenvalue weighted by Gasteiger charge is 2.22. The summed E-state index contributed by atoms with van der Waals surface area (Å²) in [6.07, 6.45) is 2.94. The van der Waals surface area contributed by atoms with Crippen molar-refractivity contribution < 1.29 is 19.1 Å².